The molecule has 0 unspecified atom stereocenters. The fourth-order valence-corrected chi connectivity index (χ4v) is 3.06. The minimum Gasteiger partial charge on any atom is -0.439 e. The first-order chi connectivity index (χ1) is 14.0. The first-order valence-corrected chi connectivity index (χ1v) is 9.58. The molecule has 0 saturated carbocycles. The summed E-state index contributed by atoms with van der Waals surface area (Å²) in [4.78, 5) is 3.66. The van der Waals surface area contributed by atoms with E-state index in [2.05, 4.69) is 10.3 Å². The highest BCUT2D eigenvalue weighted by atomic mass is 35.5. The quantitative estimate of drug-likeness (QED) is 0.461. The second kappa shape index (κ2) is 10.3. The summed E-state index contributed by atoms with van der Waals surface area (Å²) in [6.45, 7) is 0.214. The van der Waals surface area contributed by atoms with Crippen LogP contribution in [-0.4, -0.2) is 34.4 Å². The smallest absolute Gasteiger partial charge is 0.221 e. The summed E-state index contributed by atoms with van der Waals surface area (Å²) in [5.74, 6) is 0.121. The van der Waals surface area contributed by atoms with E-state index in [4.69, 9.17) is 16.3 Å². The van der Waals surface area contributed by atoms with Gasteiger partial charge in [-0.25, -0.2) is 0 Å². The van der Waals surface area contributed by atoms with Crippen molar-refractivity contribution in [1.29, 1.82) is 0 Å². The van der Waals surface area contributed by atoms with Gasteiger partial charge in [0.05, 0.1) is 12.7 Å². The molecule has 7 heteroatoms. The summed E-state index contributed by atoms with van der Waals surface area (Å²) in [6, 6.07) is 18.4. The maximum absolute atomic E-state index is 13.1. The van der Waals surface area contributed by atoms with Gasteiger partial charge in [0.25, 0.3) is 0 Å². The number of nitrogens with zero attached hydrogens (tertiary/aromatic N) is 1. The van der Waals surface area contributed by atoms with Crippen LogP contribution in [0, 0.1) is 5.95 Å². The number of pyridine rings is 1. The van der Waals surface area contributed by atoms with E-state index in [9.17, 15) is 14.6 Å². The van der Waals surface area contributed by atoms with E-state index in [1.54, 1.807) is 42.5 Å². The fourth-order valence-electron chi connectivity index (χ4n) is 2.86. The van der Waals surface area contributed by atoms with Gasteiger partial charge in [-0.05, 0) is 47.9 Å². The van der Waals surface area contributed by atoms with E-state index in [1.165, 1.54) is 12.1 Å². The average Bonchev–Trinajstić information content (AvgIpc) is 2.72. The summed E-state index contributed by atoms with van der Waals surface area (Å²) < 4.78 is 18.7. The molecule has 2 aromatic carbocycles. The molecule has 0 saturated heterocycles. The lowest BCUT2D eigenvalue weighted by Gasteiger charge is -2.19. The highest BCUT2D eigenvalue weighted by molar-refractivity contribution is 6.30. The SMILES string of the molecule is OC[C@H](Cc1ccc(Oc2cccc(F)n2)cc1)NC[C@H](O)c1cccc(Cl)c1. The van der Waals surface area contributed by atoms with Crippen LogP contribution in [0.3, 0.4) is 0 Å². The Labute approximate surface area is 173 Å². The number of aliphatic hydroxyl groups is 2. The number of rotatable bonds is 9. The zero-order valence-corrected chi connectivity index (χ0v) is 16.4. The topological polar surface area (TPSA) is 74.6 Å². The van der Waals surface area contributed by atoms with Gasteiger partial charge in [0.15, 0.2) is 0 Å². The summed E-state index contributed by atoms with van der Waals surface area (Å²) in [5, 5.41) is 23.7. The third kappa shape index (κ3) is 6.51. The molecule has 3 aromatic rings. The molecule has 0 aliphatic carbocycles. The van der Waals surface area contributed by atoms with Crippen molar-refractivity contribution in [2.24, 2.45) is 0 Å². The largest absolute Gasteiger partial charge is 0.439 e. The van der Waals surface area contributed by atoms with Crippen molar-refractivity contribution in [2.45, 2.75) is 18.6 Å². The van der Waals surface area contributed by atoms with E-state index in [0.29, 0.717) is 22.8 Å². The van der Waals surface area contributed by atoms with E-state index in [1.807, 2.05) is 12.1 Å². The number of nitrogens with one attached hydrogen (secondary N) is 1. The van der Waals surface area contributed by atoms with Gasteiger partial charge in [0.1, 0.15) is 5.75 Å². The van der Waals surface area contributed by atoms with Gasteiger partial charge < -0.3 is 20.3 Å². The minimum atomic E-state index is -0.725. The van der Waals surface area contributed by atoms with Crippen molar-refractivity contribution >= 4 is 11.6 Å². The van der Waals surface area contributed by atoms with E-state index in [0.717, 1.165) is 5.56 Å². The Morgan fingerprint density at radius 3 is 2.52 bits per heavy atom. The molecule has 29 heavy (non-hydrogen) atoms. The van der Waals surface area contributed by atoms with Gasteiger partial charge in [0, 0.05) is 23.7 Å². The number of ether oxygens (including phenoxy) is 1. The number of hydrogen-bond donors (Lipinski definition) is 3. The maximum Gasteiger partial charge on any atom is 0.221 e. The molecular weight excluding hydrogens is 395 g/mol. The van der Waals surface area contributed by atoms with Gasteiger partial charge in [-0.1, -0.05) is 41.9 Å². The first kappa shape index (κ1) is 21.2. The Kier molecular flexibility index (Phi) is 7.55. The monoisotopic (exact) mass is 416 g/mol. The predicted molar refractivity (Wildman–Crippen MR) is 110 cm³/mol. The summed E-state index contributed by atoms with van der Waals surface area (Å²) in [5.41, 5.74) is 1.70. The van der Waals surface area contributed by atoms with Crippen LogP contribution in [0.25, 0.3) is 0 Å². The van der Waals surface area contributed by atoms with Crippen molar-refractivity contribution in [1.82, 2.24) is 10.3 Å². The molecule has 1 heterocycles. The van der Waals surface area contributed by atoms with Crippen LogP contribution in [0.2, 0.25) is 5.02 Å². The molecule has 152 valence electrons. The molecular formula is C22H22ClFN2O3. The molecule has 1 aromatic heterocycles. The van der Waals surface area contributed by atoms with E-state index in [-0.39, 0.29) is 25.1 Å². The Balaban J connectivity index is 1.53. The van der Waals surface area contributed by atoms with Crippen molar-refractivity contribution in [2.75, 3.05) is 13.2 Å². The molecule has 0 aliphatic heterocycles. The van der Waals surface area contributed by atoms with Crippen LogP contribution in [0.1, 0.15) is 17.2 Å². The van der Waals surface area contributed by atoms with E-state index >= 15 is 0 Å². The predicted octanol–water partition coefficient (Wildman–Crippen LogP) is 3.89. The second-order valence-corrected chi connectivity index (χ2v) is 7.04. The normalized spacial score (nSPS) is 13.1. The number of aromatic nitrogens is 1. The van der Waals surface area contributed by atoms with Gasteiger partial charge >= 0.3 is 0 Å². The summed E-state index contributed by atoms with van der Waals surface area (Å²) in [7, 11) is 0. The third-order valence-corrected chi connectivity index (χ3v) is 4.61. The van der Waals surface area contributed by atoms with E-state index < -0.39 is 12.1 Å². The Hall–Kier alpha value is -2.51. The molecule has 5 nitrogen and oxygen atoms in total. The summed E-state index contributed by atoms with van der Waals surface area (Å²) in [6.07, 6.45) is -0.158. The average molecular weight is 417 g/mol. The van der Waals surface area contributed by atoms with Crippen LogP contribution in [-0.2, 0) is 6.42 Å². The van der Waals surface area contributed by atoms with Crippen LogP contribution >= 0.6 is 11.6 Å². The Morgan fingerprint density at radius 2 is 1.83 bits per heavy atom. The Morgan fingerprint density at radius 1 is 1.07 bits per heavy atom. The number of halogens is 2. The van der Waals surface area contributed by atoms with Crippen LogP contribution in [0.4, 0.5) is 4.39 Å². The summed E-state index contributed by atoms with van der Waals surface area (Å²) >= 11 is 5.95. The van der Waals surface area contributed by atoms with Gasteiger partial charge in [0.2, 0.25) is 11.8 Å². The highest BCUT2D eigenvalue weighted by Crippen LogP contribution is 2.21. The van der Waals surface area contributed by atoms with Crippen molar-refractivity contribution < 1.29 is 19.3 Å². The Bertz CT molecular complexity index is 924. The molecule has 3 N–H and O–H groups in total. The molecule has 0 aliphatic rings. The van der Waals surface area contributed by atoms with Crippen molar-refractivity contribution in [3.8, 4) is 11.6 Å². The highest BCUT2D eigenvalue weighted by Gasteiger charge is 2.13. The molecule has 2 atom stereocenters. The van der Waals surface area contributed by atoms with Gasteiger partial charge in [-0.3, -0.25) is 0 Å². The van der Waals surface area contributed by atoms with Crippen LogP contribution in [0.5, 0.6) is 11.6 Å². The van der Waals surface area contributed by atoms with Gasteiger partial charge in [-0.15, -0.1) is 0 Å². The van der Waals surface area contributed by atoms with Crippen LogP contribution < -0.4 is 10.1 Å². The lowest BCUT2D eigenvalue weighted by atomic mass is 10.1. The lowest BCUT2D eigenvalue weighted by molar-refractivity contribution is 0.158. The molecule has 0 radical (unpaired) electrons. The molecule has 0 fully saturated rings. The van der Waals surface area contributed by atoms with Crippen LogP contribution in [0.15, 0.2) is 66.7 Å². The number of aliphatic hydroxyl groups excluding tert-OH is 2. The first-order valence-electron chi connectivity index (χ1n) is 9.20. The number of benzene rings is 2. The fraction of sp³-hybridized carbons (Fsp3) is 0.227. The standard InChI is InChI=1S/C22H22ClFN2O3/c23-17-4-1-3-16(12-17)20(28)13-25-18(14-27)11-15-7-9-19(10-8-15)29-22-6-2-5-21(24)26-22/h1-10,12,18,20,25,27-28H,11,13-14H2/t18-,20-/m0/s1. The third-order valence-electron chi connectivity index (χ3n) is 4.37. The molecule has 0 amide bonds. The molecule has 0 spiro atoms. The lowest BCUT2D eigenvalue weighted by Crippen LogP contribution is -2.37. The van der Waals surface area contributed by atoms with Crippen molar-refractivity contribution in [3.05, 3.63) is 88.8 Å². The zero-order chi connectivity index (χ0) is 20.6. The minimum absolute atomic E-state index is 0.0757. The number of hydrogen-bond acceptors (Lipinski definition) is 5. The second-order valence-electron chi connectivity index (χ2n) is 6.61. The molecule has 0 bridgehead atoms. The van der Waals surface area contributed by atoms with Crippen molar-refractivity contribution in [3.63, 3.8) is 0 Å². The maximum atomic E-state index is 13.1. The zero-order valence-electron chi connectivity index (χ0n) is 15.6. The van der Waals surface area contributed by atoms with Gasteiger partial charge in [-0.2, -0.15) is 9.37 Å². The molecule has 3 rings (SSSR count).